The maximum absolute atomic E-state index is 14.7. The number of halogens is 1. The summed E-state index contributed by atoms with van der Waals surface area (Å²) in [7, 11) is 4.01. The van der Waals surface area contributed by atoms with E-state index in [0.717, 1.165) is 19.4 Å². The predicted molar refractivity (Wildman–Crippen MR) is 142 cm³/mol. The Balaban J connectivity index is 1.53. The van der Waals surface area contributed by atoms with Crippen LogP contribution in [0.2, 0.25) is 0 Å². The van der Waals surface area contributed by atoms with E-state index in [-0.39, 0.29) is 5.75 Å². The van der Waals surface area contributed by atoms with E-state index >= 15 is 0 Å². The minimum atomic E-state index is -0.542. The number of hydrogen-bond donors (Lipinski definition) is 1. The van der Waals surface area contributed by atoms with Crippen molar-refractivity contribution in [1.29, 1.82) is 0 Å². The van der Waals surface area contributed by atoms with Crippen molar-refractivity contribution in [3.05, 3.63) is 78.8 Å². The maximum Gasteiger partial charge on any atom is 0.215 e. The highest BCUT2D eigenvalue weighted by atomic mass is 19.1. The lowest BCUT2D eigenvalue weighted by Crippen LogP contribution is -2.23. The van der Waals surface area contributed by atoms with Crippen LogP contribution in [0.3, 0.4) is 0 Å². The third-order valence-electron chi connectivity index (χ3n) is 5.54. The number of aromatic nitrogens is 4. The molecule has 3 aromatic heterocycles. The van der Waals surface area contributed by atoms with Gasteiger partial charge in [0.25, 0.3) is 0 Å². The van der Waals surface area contributed by atoms with Gasteiger partial charge in [0.1, 0.15) is 23.7 Å². The van der Waals surface area contributed by atoms with Crippen LogP contribution < -0.4 is 15.0 Å². The fourth-order valence-electron chi connectivity index (χ4n) is 3.50. The van der Waals surface area contributed by atoms with Gasteiger partial charge in [-0.2, -0.15) is 0 Å². The number of carbonyl (C=O) groups is 1. The third kappa shape index (κ3) is 6.83. The molecular weight excluding hydrogens is 473 g/mol. The molecule has 10 heteroatoms. The molecule has 1 N–H and O–H groups in total. The Labute approximate surface area is 214 Å². The quantitative estimate of drug-likeness (QED) is 0.228. The van der Waals surface area contributed by atoms with Gasteiger partial charge >= 0.3 is 0 Å². The number of amides is 1. The van der Waals surface area contributed by atoms with Crippen LogP contribution in [0.15, 0.2) is 73.0 Å². The molecule has 0 atom stereocenters. The van der Waals surface area contributed by atoms with Crippen LogP contribution in [0, 0.1) is 5.82 Å². The van der Waals surface area contributed by atoms with E-state index in [4.69, 9.17) is 4.74 Å². The van der Waals surface area contributed by atoms with Gasteiger partial charge in [0, 0.05) is 36.4 Å². The molecule has 0 saturated carbocycles. The second-order valence-electron chi connectivity index (χ2n) is 8.70. The zero-order chi connectivity index (χ0) is 26.2. The Morgan fingerprint density at radius 1 is 1.14 bits per heavy atom. The molecule has 0 unspecified atom stereocenters. The highest BCUT2D eigenvalue weighted by Crippen LogP contribution is 2.30. The summed E-state index contributed by atoms with van der Waals surface area (Å²) in [5, 5.41) is 3.78. The first kappa shape index (κ1) is 25.6. The first-order valence-corrected chi connectivity index (χ1v) is 11.7. The van der Waals surface area contributed by atoms with Gasteiger partial charge in [0.05, 0.1) is 17.9 Å². The van der Waals surface area contributed by atoms with Crippen molar-refractivity contribution in [1.82, 2.24) is 24.8 Å². The van der Waals surface area contributed by atoms with Crippen molar-refractivity contribution in [2.24, 2.45) is 0 Å². The number of ether oxygens (including phenoxy) is 1. The summed E-state index contributed by atoms with van der Waals surface area (Å²) in [6.07, 6.45) is 9.73. The minimum absolute atomic E-state index is 0.0779. The summed E-state index contributed by atoms with van der Waals surface area (Å²) in [6, 6.07) is 9.69. The van der Waals surface area contributed by atoms with Crippen LogP contribution in [-0.2, 0) is 4.79 Å². The Bertz CT molecular complexity index is 1400. The molecule has 0 radical (unpaired) electrons. The summed E-state index contributed by atoms with van der Waals surface area (Å²) in [5.74, 6) is 0.912. The average Bonchev–Trinajstić information content (AvgIpc) is 2.90. The fourth-order valence-corrected chi connectivity index (χ4v) is 3.50. The lowest BCUT2D eigenvalue weighted by atomic mass is 10.2. The number of fused-ring (bicyclic) bond motifs is 1. The van der Waals surface area contributed by atoms with E-state index in [1.165, 1.54) is 30.2 Å². The number of anilines is 3. The third-order valence-corrected chi connectivity index (χ3v) is 5.54. The SMILES string of the molecule is C/C(=C/CN(C)C)CCN(C=O)c1cc2c(Nc3ccc(Oc4cccnc4)c(F)c3)ncnc2cn1. The molecule has 4 aromatic rings. The summed E-state index contributed by atoms with van der Waals surface area (Å²) >= 11 is 0. The highest BCUT2D eigenvalue weighted by molar-refractivity contribution is 5.93. The lowest BCUT2D eigenvalue weighted by Gasteiger charge is -2.18. The molecule has 0 spiro atoms. The molecule has 190 valence electrons. The number of nitrogens with zero attached hydrogens (tertiary/aromatic N) is 6. The van der Waals surface area contributed by atoms with Crippen LogP contribution in [0.4, 0.5) is 21.7 Å². The second kappa shape index (κ2) is 12.0. The van der Waals surface area contributed by atoms with Gasteiger partial charge in [0.15, 0.2) is 11.6 Å². The standard InChI is InChI=1S/C27H28FN7O2/c1-19(8-11-34(2)3)9-12-35(18-36)26-14-22-24(16-30-26)31-17-32-27(22)33-20-6-7-25(23(28)13-20)37-21-5-4-10-29-15-21/h4-8,10,13-18H,9,11-12H2,1-3H3,(H,31,32,33)/b19-8-. The van der Waals surface area contributed by atoms with Crippen molar-refractivity contribution < 1.29 is 13.9 Å². The molecule has 4 rings (SSSR count). The monoisotopic (exact) mass is 501 g/mol. The van der Waals surface area contributed by atoms with Crippen molar-refractivity contribution in [3.8, 4) is 11.5 Å². The molecular formula is C27H28FN7O2. The molecule has 0 bridgehead atoms. The number of pyridine rings is 2. The van der Waals surface area contributed by atoms with Gasteiger partial charge in [-0.15, -0.1) is 0 Å². The van der Waals surface area contributed by atoms with E-state index in [1.807, 2.05) is 21.0 Å². The molecule has 37 heavy (non-hydrogen) atoms. The summed E-state index contributed by atoms with van der Waals surface area (Å²) in [5.41, 5.74) is 2.25. The van der Waals surface area contributed by atoms with E-state index in [9.17, 15) is 9.18 Å². The summed E-state index contributed by atoms with van der Waals surface area (Å²) < 4.78 is 20.3. The molecule has 3 heterocycles. The molecule has 0 aliphatic carbocycles. The molecule has 1 amide bonds. The first-order valence-electron chi connectivity index (χ1n) is 11.7. The van der Waals surface area contributed by atoms with Crippen LogP contribution in [0.25, 0.3) is 10.9 Å². The van der Waals surface area contributed by atoms with Gasteiger partial charge in [0.2, 0.25) is 6.41 Å². The molecule has 0 fully saturated rings. The van der Waals surface area contributed by atoms with E-state index in [1.54, 1.807) is 41.6 Å². The van der Waals surface area contributed by atoms with Gasteiger partial charge < -0.3 is 15.0 Å². The Morgan fingerprint density at radius 3 is 2.73 bits per heavy atom. The van der Waals surface area contributed by atoms with Crippen molar-refractivity contribution >= 4 is 34.6 Å². The fraction of sp³-hybridized carbons (Fsp3) is 0.222. The maximum atomic E-state index is 14.7. The van der Waals surface area contributed by atoms with Crippen molar-refractivity contribution in [2.75, 3.05) is 37.4 Å². The first-order chi connectivity index (χ1) is 17.9. The normalized spacial score (nSPS) is 11.5. The molecule has 0 saturated heterocycles. The molecule has 0 aliphatic rings. The highest BCUT2D eigenvalue weighted by Gasteiger charge is 2.13. The number of carbonyl (C=O) groups excluding carboxylic acids is 1. The second-order valence-corrected chi connectivity index (χ2v) is 8.70. The molecule has 9 nitrogen and oxygen atoms in total. The van der Waals surface area contributed by atoms with E-state index < -0.39 is 5.82 Å². The van der Waals surface area contributed by atoms with Gasteiger partial charge in [-0.05, 0) is 57.8 Å². The zero-order valence-electron chi connectivity index (χ0n) is 20.9. The van der Waals surface area contributed by atoms with Gasteiger partial charge in [-0.3, -0.25) is 14.7 Å². The minimum Gasteiger partial charge on any atom is -0.453 e. The van der Waals surface area contributed by atoms with Crippen molar-refractivity contribution in [2.45, 2.75) is 13.3 Å². The van der Waals surface area contributed by atoms with E-state index in [0.29, 0.717) is 40.5 Å². The van der Waals surface area contributed by atoms with Crippen LogP contribution in [0.5, 0.6) is 11.5 Å². The molecule has 0 aliphatic heterocycles. The number of likely N-dealkylation sites (N-methyl/N-ethyl adjacent to an activating group) is 1. The topological polar surface area (TPSA) is 96.4 Å². The van der Waals surface area contributed by atoms with Gasteiger partial charge in [-0.1, -0.05) is 11.6 Å². The summed E-state index contributed by atoms with van der Waals surface area (Å²) in [4.78, 5) is 32.5. The van der Waals surface area contributed by atoms with Crippen LogP contribution in [0.1, 0.15) is 13.3 Å². The van der Waals surface area contributed by atoms with Crippen LogP contribution in [-0.4, -0.2) is 58.4 Å². The Hall–Kier alpha value is -4.44. The lowest BCUT2D eigenvalue weighted by molar-refractivity contribution is -0.107. The average molecular weight is 502 g/mol. The van der Waals surface area contributed by atoms with Crippen molar-refractivity contribution in [3.63, 3.8) is 0 Å². The number of rotatable bonds is 11. The number of benzene rings is 1. The number of nitrogens with one attached hydrogen (secondary N) is 1. The van der Waals surface area contributed by atoms with Gasteiger partial charge in [-0.25, -0.2) is 19.3 Å². The Kier molecular flexibility index (Phi) is 8.32. The predicted octanol–water partition coefficient (Wildman–Crippen LogP) is 4.96. The smallest absolute Gasteiger partial charge is 0.215 e. The largest absolute Gasteiger partial charge is 0.453 e. The Morgan fingerprint density at radius 2 is 2.00 bits per heavy atom. The molecule has 1 aromatic carbocycles. The summed E-state index contributed by atoms with van der Waals surface area (Å²) in [6.45, 7) is 3.37. The number of hydrogen-bond acceptors (Lipinski definition) is 8. The van der Waals surface area contributed by atoms with E-state index in [2.05, 4.69) is 36.2 Å². The van der Waals surface area contributed by atoms with Crippen LogP contribution >= 0.6 is 0 Å². The zero-order valence-corrected chi connectivity index (χ0v) is 20.9.